The second-order valence-corrected chi connectivity index (χ2v) is 6.52. The van der Waals surface area contributed by atoms with Crippen LogP contribution in [0.2, 0.25) is 0 Å². The molecule has 1 fully saturated rings. The van der Waals surface area contributed by atoms with Gasteiger partial charge in [0.2, 0.25) is 0 Å². The first kappa shape index (κ1) is 22.8. The van der Waals surface area contributed by atoms with Gasteiger partial charge in [-0.25, -0.2) is 8.78 Å². The Hall–Kier alpha value is -1.20. The summed E-state index contributed by atoms with van der Waals surface area (Å²) in [5.41, 5.74) is 1.92. The van der Waals surface area contributed by atoms with E-state index < -0.39 is 0 Å². The maximum atomic E-state index is 13.3. The lowest BCUT2D eigenvalue weighted by atomic mass is 9.90. The van der Waals surface area contributed by atoms with E-state index >= 15 is 0 Å². The Kier molecular flexibility index (Phi) is 10.1. The summed E-state index contributed by atoms with van der Waals surface area (Å²) in [5.74, 6) is -0.391. The SMILES string of the molecule is Cl.Cl.Fc1cccc(CNC2CCCCC2NCc2cccc(F)c2)c1. The van der Waals surface area contributed by atoms with E-state index in [0.717, 1.165) is 24.0 Å². The maximum Gasteiger partial charge on any atom is 0.123 e. The molecule has 0 heterocycles. The summed E-state index contributed by atoms with van der Waals surface area (Å²) in [4.78, 5) is 0. The smallest absolute Gasteiger partial charge is 0.123 e. The highest BCUT2D eigenvalue weighted by Gasteiger charge is 2.24. The first-order valence-electron chi connectivity index (χ1n) is 8.66. The highest BCUT2D eigenvalue weighted by molar-refractivity contribution is 5.85. The molecule has 6 heteroatoms. The minimum Gasteiger partial charge on any atom is -0.308 e. The van der Waals surface area contributed by atoms with E-state index in [9.17, 15) is 8.78 Å². The number of hydrogen-bond acceptors (Lipinski definition) is 2. The van der Waals surface area contributed by atoms with Crippen LogP contribution in [0.3, 0.4) is 0 Å². The van der Waals surface area contributed by atoms with Crippen LogP contribution in [-0.4, -0.2) is 12.1 Å². The molecule has 0 bridgehead atoms. The summed E-state index contributed by atoms with van der Waals surface area (Å²) < 4.78 is 26.6. The third-order valence-electron chi connectivity index (χ3n) is 4.68. The van der Waals surface area contributed by atoms with Crippen LogP contribution in [-0.2, 0) is 13.1 Å². The zero-order valence-electron chi connectivity index (χ0n) is 14.6. The standard InChI is InChI=1S/C20H24F2N2.2ClH/c21-17-7-3-5-15(11-17)13-23-19-9-1-2-10-20(19)24-14-16-6-4-8-18(22)12-16;;/h3-8,11-12,19-20,23-24H,1-2,9-10,13-14H2;2*1H. The van der Waals surface area contributed by atoms with Crippen molar-refractivity contribution in [3.8, 4) is 0 Å². The lowest BCUT2D eigenvalue weighted by molar-refractivity contribution is 0.281. The minimum absolute atomic E-state index is 0. The average Bonchev–Trinajstić information content (AvgIpc) is 2.59. The summed E-state index contributed by atoms with van der Waals surface area (Å²) in [5, 5.41) is 7.12. The quantitative estimate of drug-likeness (QED) is 0.710. The second kappa shape index (κ2) is 11.5. The lowest BCUT2D eigenvalue weighted by Crippen LogP contribution is -2.49. The van der Waals surface area contributed by atoms with Crippen molar-refractivity contribution in [1.29, 1.82) is 0 Å². The van der Waals surface area contributed by atoms with Gasteiger partial charge in [-0.05, 0) is 48.2 Å². The van der Waals surface area contributed by atoms with E-state index in [1.807, 2.05) is 12.1 Å². The molecule has 2 atom stereocenters. The average molecular weight is 403 g/mol. The number of benzene rings is 2. The Labute approximate surface area is 166 Å². The molecule has 2 aromatic carbocycles. The number of nitrogens with one attached hydrogen (secondary N) is 2. The highest BCUT2D eigenvalue weighted by Crippen LogP contribution is 2.20. The Morgan fingerprint density at radius 3 is 1.54 bits per heavy atom. The molecule has 0 aliphatic heterocycles. The fourth-order valence-corrected chi connectivity index (χ4v) is 3.41. The summed E-state index contributed by atoms with van der Waals surface area (Å²) in [6, 6.07) is 14.2. The van der Waals surface area contributed by atoms with E-state index in [-0.39, 0.29) is 36.4 Å². The van der Waals surface area contributed by atoms with Gasteiger partial charge in [-0.3, -0.25) is 0 Å². The molecule has 0 spiro atoms. The molecule has 144 valence electrons. The van der Waals surface area contributed by atoms with Gasteiger partial charge >= 0.3 is 0 Å². The summed E-state index contributed by atoms with van der Waals surface area (Å²) in [7, 11) is 0. The van der Waals surface area contributed by atoms with E-state index in [2.05, 4.69) is 10.6 Å². The van der Waals surface area contributed by atoms with E-state index in [1.165, 1.54) is 25.0 Å². The van der Waals surface area contributed by atoms with Crippen molar-refractivity contribution >= 4 is 24.8 Å². The Morgan fingerprint density at radius 2 is 1.15 bits per heavy atom. The Balaban J connectivity index is 0.00000169. The zero-order valence-corrected chi connectivity index (χ0v) is 16.2. The van der Waals surface area contributed by atoms with Crippen LogP contribution in [0.5, 0.6) is 0 Å². The van der Waals surface area contributed by atoms with Crippen molar-refractivity contribution in [1.82, 2.24) is 10.6 Å². The van der Waals surface area contributed by atoms with Gasteiger partial charge in [0, 0.05) is 25.2 Å². The van der Waals surface area contributed by atoms with Gasteiger partial charge in [0.05, 0.1) is 0 Å². The first-order chi connectivity index (χ1) is 11.7. The van der Waals surface area contributed by atoms with Gasteiger partial charge in [0.25, 0.3) is 0 Å². The van der Waals surface area contributed by atoms with Crippen molar-refractivity contribution in [2.24, 2.45) is 0 Å². The van der Waals surface area contributed by atoms with E-state index in [1.54, 1.807) is 24.3 Å². The maximum absolute atomic E-state index is 13.3. The molecule has 1 saturated carbocycles. The molecule has 3 rings (SSSR count). The summed E-state index contributed by atoms with van der Waals surface area (Å²) in [6.07, 6.45) is 4.63. The fraction of sp³-hybridized carbons (Fsp3) is 0.400. The van der Waals surface area contributed by atoms with Crippen molar-refractivity contribution in [2.75, 3.05) is 0 Å². The minimum atomic E-state index is -0.196. The van der Waals surface area contributed by atoms with Crippen LogP contribution in [0.15, 0.2) is 48.5 Å². The van der Waals surface area contributed by atoms with Crippen LogP contribution in [0.1, 0.15) is 36.8 Å². The van der Waals surface area contributed by atoms with Gasteiger partial charge in [0.15, 0.2) is 0 Å². The van der Waals surface area contributed by atoms with Crippen LogP contribution < -0.4 is 10.6 Å². The van der Waals surface area contributed by atoms with E-state index in [4.69, 9.17) is 0 Å². The predicted octanol–water partition coefficient (Wildman–Crippen LogP) is 5.00. The molecule has 26 heavy (non-hydrogen) atoms. The largest absolute Gasteiger partial charge is 0.308 e. The highest BCUT2D eigenvalue weighted by atomic mass is 35.5. The number of rotatable bonds is 6. The van der Waals surface area contributed by atoms with Crippen molar-refractivity contribution in [3.05, 3.63) is 71.3 Å². The predicted molar refractivity (Wildman–Crippen MR) is 107 cm³/mol. The van der Waals surface area contributed by atoms with Gasteiger partial charge in [-0.15, -0.1) is 24.8 Å². The number of hydrogen-bond donors (Lipinski definition) is 2. The van der Waals surface area contributed by atoms with Crippen LogP contribution in [0.4, 0.5) is 8.78 Å². The van der Waals surface area contributed by atoms with Crippen molar-refractivity contribution in [2.45, 2.75) is 50.9 Å². The monoisotopic (exact) mass is 402 g/mol. The van der Waals surface area contributed by atoms with Gasteiger partial charge in [-0.1, -0.05) is 37.1 Å². The fourth-order valence-electron chi connectivity index (χ4n) is 3.41. The molecule has 2 nitrogen and oxygen atoms in total. The lowest BCUT2D eigenvalue weighted by Gasteiger charge is -2.33. The van der Waals surface area contributed by atoms with Gasteiger partial charge in [-0.2, -0.15) is 0 Å². The first-order valence-corrected chi connectivity index (χ1v) is 8.66. The molecule has 2 N–H and O–H groups in total. The molecule has 1 aliphatic rings. The van der Waals surface area contributed by atoms with Gasteiger partial charge < -0.3 is 10.6 Å². The van der Waals surface area contributed by atoms with Gasteiger partial charge in [0.1, 0.15) is 11.6 Å². The molecule has 1 aliphatic carbocycles. The molecule has 0 aromatic heterocycles. The molecular formula is C20H26Cl2F2N2. The van der Waals surface area contributed by atoms with E-state index in [0.29, 0.717) is 25.2 Å². The summed E-state index contributed by atoms with van der Waals surface area (Å²) in [6.45, 7) is 1.33. The molecular weight excluding hydrogens is 377 g/mol. The topological polar surface area (TPSA) is 24.1 Å². The van der Waals surface area contributed by atoms with Crippen LogP contribution >= 0.6 is 24.8 Å². The third-order valence-corrected chi connectivity index (χ3v) is 4.68. The van der Waals surface area contributed by atoms with Crippen LogP contribution in [0.25, 0.3) is 0 Å². The third kappa shape index (κ3) is 6.84. The molecule has 0 saturated heterocycles. The normalized spacial score (nSPS) is 19.3. The van der Waals surface area contributed by atoms with Crippen LogP contribution in [0, 0.1) is 11.6 Å². The Morgan fingerprint density at radius 1 is 0.731 bits per heavy atom. The number of halogens is 4. The van der Waals surface area contributed by atoms with Crippen molar-refractivity contribution in [3.63, 3.8) is 0 Å². The summed E-state index contributed by atoms with van der Waals surface area (Å²) >= 11 is 0. The second-order valence-electron chi connectivity index (χ2n) is 6.52. The molecule has 0 amide bonds. The molecule has 0 radical (unpaired) electrons. The van der Waals surface area contributed by atoms with Crippen molar-refractivity contribution < 1.29 is 8.78 Å². The Bertz CT molecular complexity index is 612. The zero-order chi connectivity index (χ0) is 16.8. The molecule has 2 aromatic rings. The molecule has 2 unspecified atom stereocenters.